The maximum Gasteiger partial charge on any atom is 0.276 e. The molecule has 1 aliphatic rings. The van der Waals surface area contributed by atoms with Crippen LogP contribution in [0.4, 0.5) is 5.69 Å². The molecule has 21 heavy (non-hydrogen) atoms. The van der Waals surface area contributed by atoms with E-state index in [1.165, 1.54) is 0 Å². The van der Waals surface area contributed by atoms with Crippen LogP contribution in [-0.2, 0) is 12.8 Å². The molecule has 0 aliphatic heterocycles. The average Bonchev–Trinajstić information content (AvgIpc) is 3.13. The van der Waals surface area contributed by atoms with Crippen molar-refractivity contribution in [3.63, 3.8) is 0 Å². The number of aromatic amines is 2. The maximum atomic E-state index is 12.4. The number of hydrogen-bond acceptors (Lipinski definition) is 4. The first kappa shape index (κ1) is 12.1. The number of H-pyrrole nitrogens is 2. The molecule has 3 aromatic rings. The third-order valence-corrected chi connectivity index (χ3v) is 3.85. The quantitative estimate of drug-likeness (QED) is 0.667. The molecule has 0 atom stereocenters. The summed E-state index contributed by atoms with van der Waals surface area (Å²) in [5, 5.41) is 20.6. The Morgan fingerprint density at radius 2 is 1.95 bits per heavy atom. The summed E-state index contributed by atoms with van der Waals surface area (Å²) in [4.78, 5) is 12.4. The van der Waals surface area contributed by atoms with Crippen LogP contribution in [0, 0.1) is 0 Å². The molecule has 1 amide bonds. The molecule has 4 rings (SSSR count). The first-order valence-corrected chi connectivity index (χ1v) is 6.99. The third kappa shape index (κ3) is 2.06. The molecule has 7 heteroatoms. The van der Waals surface area contributed by atoms with Crippen LogP contribution >= 0.6 is 0 Å². The van der Waals surface area contributed by atoms with Crippen molar-refractivity contribution in [2.45, 2.75) is 25.7 Å². The second-order valence-electron chi connectivity index (χ2n) is 5.22. The number of amides is 1. The van der Waals surface area contributed by atoms with Gasteiger partial charge in [-0.3, -0.25) is 9.89 Å². The van der Waals surface area contributed by atoms with Gasteiger partial charge in [-0.05, 0) is 43.9 Å². The molecule has 1 aliphatic carbocycles. The number of anilines is 1. The van der Waals surface area contributed by atoms with E-state index in [2.05, 4.69) is 30.9 Å². The number of hydrogen-bond donors (Lipinski definition) is 3. The van der Waals surface area contributed by atoms with Gasteiger partial charge in [0.25, 0.3) is 5.91 Å². The second kappa shape index (κ2) is 4.69. The minimum atomic E-state index is -0.183. The van der Waals surface area contributed by atoms with Gasteiger partial charge in [0.2, 0.25) is 0 Å². The van der Waals surface area contributed by atoms with E-state index in [9.17, 15) is 4.79 Å². The van der Waals surface area contributed by atoms with Crippen molar-refractivity contribution in [3.05, 3.63) is 35.2 Å². The van der Waals surface area contributed by atoms with Crippen LogP contribution in [0.2, 0.25) is 0 Å². The molecule has 0 saturated heterocycles. The zero-order valence-corrected chi connectivity index (χ0v) is 11.3. The van der Waals surface area contributed by atoms with Crippen molar-refractivity contribution in [1.82, 2.24) is 25.6 Å². The molecule has 0 spiro atoms. The normalized spacial score (nSPS) is 14.1. The van der Waals surface area contributed by atoms with Crippen LogP contribution in [0.5, 0.6) is 0 Å². The molecule has 0 unspecified atom stereocenters. The van der Waals surface area contributed by atoms with Crippen LogP contribution in [-0.4, -0.2) is 31.5 Å². The van der Waals surface area contributed by atoms with E-state index in [0.29, 0.717) is 11.4 Å². The summed E-state index contributed by atoms with van der Waals surface area (Å²) in [6, 6.07) is 5.41. The first-order valence-electron chi connectivity index (χ1n) is 6.99. The summed E-state index contributed by atoms with van der Waals surface area (Å²) < 4.78 is 0. The van der Waals surface area contributed by atoms with E-state index < -0.39 is 0 Å². The van der Waals surface area contributed by atoms with Crippen LogP contribution in [0.3, 0.4) is 0 Å². The topological polar surface area (TPSA) is 99.3 Å². The average molecular weight is 282 g/mol. The largest absolute Gasteiger partial charge is 0.321 e. The van der Waals surface area contributed by atoms with Gasteiger partial charge in [-0.2, -0.15) is 20.5 Å². The summed E-state index contributed by atoms with van der Waals surface area (Å²) >= 11 is 0. The van der Waals surface area contributed by atoms with Gasteiger partial charge in [0.1, 0.15) is 11.0 Å². The van der Waals surface area contributed by atoms with E-state index in [1.807, 2.05) is 12.1 Å². The highest BCUT2D eigenvalue weighted by atomic mass is 16.1. The van der Waals surface area contributed by atoms with Crippen molar-refractivity contribution in [3.8, 4) is 0 Å². The third-order valence-electron chi connectivity index (χ3n) is 3.85. The van der Waals surface area contributed by atoms with Gasteiger partial charge in [-0.25, -0.2) is 0 Å². The molecule has 2 heterocycles. The van der Waals surface area contributed by atoms with E-state index in [4.69, 9.17) is 0 Å². The fourth-order valence-corrected chi connectivity index (χ4v) is 2.78. The number of nitrogens with one attached hydrogen (secondary N) is 3. The standard InChI is InChI=1S/C14H14N6O/c21-14(13-9-3-1-2-4-10(9)16-19-13)15-8-5-6-11-12(7-8)18-20-17-11/h5-7H,1-4H2,(H,15,21)(H,16,19)(H,17,18,20). The van der Waals surface area contributed by atoms with Crippen LogP contribution < -0.4 is 5.32 Å². The fourth-order valence-electron chi connectivity index (χ4n) is 2.78. The second-order valence-corrected chi connectivity index (χ2v) is 5.22. The molecule has 0 bridgehead atoms. The molecule has 0 radical (unpaired) electrons. The summed E-state index contributed by atoms with van der Waals surface area (Å²) in [6.45, 7) is 0. The van der Waals surface area contributed by atoms with Gasteiger partial charge in [0, 0.05) is 16.9 Å². The van der Waals surface area contributed by atoms with Gasteiger partial charge in [-0.1, -0.05) is 0 Å². The summed E-state index contributed by atoms with van der Waals surface area (Å²) in [5.41, 5.74) is 4.83. The van der Waals surface area contributed by atoms with Gasteiger partial charge in [-0.15, -0.1) is 0 Å². The molecule has 1 aromatic carbocycles. The zero-order chi connectivity index (χ0) is 14.2. The maximum absolute atomic E-state index is 12.4. The molecule has 0 saturated carbocycles. The number of aromatic nitrogens is 5. The summed E-state index contributed by atoms with van der Waals surface area (Å²) in [6.07, 6.45) is 4.15. The summed E-state index contributed by atoms with van der Waals surface area (Å²) in [5.74, 6) is -0.183. The fraction of sp³-hybridized carbons (Fsp3) is 0.286. The van der Waals surface area contributed by atoms with E-state index in [-0.39, 0.29) is 5.91 Å². The predicted molar refractivity (Wildman–Crippen MR) is 77.1 cm³/mol. The van der Waals surface area contributed by atoms with E-state index in [1.54, 1.807) is 6.07 Å². The number of nitrogens with zero attached hydrogens (tertiary/aromatic N) is 3. The van der Waals surface area contributed by atoms with Gasteiger partial charge in [0.15, 0.2) is 5.69 Å². The van der Waals surface area contributed by atoms with E-state index in [0.717, 1.165) is 48.0 Å². The molecule has 0 fully saturated rings. The Bertz CT molecular complexity index is 818. The first-order chi connectivity index (χ1) is 10.3. The highest BCUT2D eigenvalue weighted by Gasteiger charge is 2.21. The summed E-state index contributed by atoms with van der Waals surface area (Å²) in [7, 11) is 0. The lowest BCUT2D eigenvalue weighted by molar-refractivity contribution is 0.102. The Kier molecular flexibility index (Phi) is 2.70. The Morgan fingerprint density at radius 3 is 2.90 bits per heavy atom. The van der Waals surface area contributed by atoms with Gasteiger partial charge < -0.3 is 5.32 Å². The number of fused-ring (bicyclic) bond motifs is 2. The van der Waals surface area contributed by atoms with Crippen molar-refractivity contribution >= 4 is 22.6 Å². The number of carbonyl (C=O) groups is 1. The van der Waals surface area contributed by atoms with Crippen LogP contribution in [0.15, 0.2) is 18.2 Å². The highest BCUT2D eigenvalue weighted by Crippen LogP contribution is 2.23. The molecular weight excluding hydrogens is 268 g/mol. The lowest BCUT2D eigenvalue weighted by atomic mass is 9.96. The number of benzene rings is 1. The lowest BCUT2D eigenvalue weighted by Crippen LogP contribution is -2.15. The van der Waals surface area contributed by atoms with Crippen molar-refractivity contribution in [1.29, 1.82) is 0 Å². The van der Waals surface area contributed by atoms with Crippen LogP contribution in [0.1, 0.15) is 34.6 Å². The Labute approximate surface area is 120 Å². The molecule has 3 N–H and O–H groups in total. The van der Waals surface area contributed by atoms with Gasteiger partial charge in [0.05, 0.1) is 0 Å². The smallest absolute Gasteiger partial charge is 0.276 e. The monoisotopic (exact) mass is 282 g/mol. The SMILES string of the molecule is O=C(Nc1ccc2n[nH]nc2c1)c1n[nH]c2c1CCCC2. The van der Waals surface area contributed by atoms with Crippen molar-refractivity contribution in [2.75, 3.05) is 5.32 Å². The molecule has 2 aromatic heterocycles. The van der Waals surface area contributed by atoms with Crippen molar-refractivity contribution in [2.24, 2.45) is 0 Å². The molecule has 106 valence electrons. The number of carbonyl (C=O) groups excluding carboxylic acids is 1. The highest BCUT2D eigenvalue weighted by molar-refractivity contribution is 6.04. The van der Waals surface area contributed by atoms with Crippen molar-refractivity contribution < 1.29 is 4.79 Å². The Morgan fingerprint density at radius 1 is 1.10 bits per heavy atom. The van der Waals surface area contributed by atoms with E-state index >= 15 is 0 Å². The Hall–Kier alpha value is -2.70. The Balaban J connectivity index is 1.61. The predicted octanol–water partition coefficient (Wildman–Crippen LogP) is 1.81. The van der Waals surface area contributed by atoms with Gasteiger partial charge >= 0.3 is 0 Å². The zero-order valence-electron chi connectivity index (χ0n) is 11.3. The molecule has 7 nitrogen and oxygen atoms in total. The number of rotatable bonds is 2. The van der Waals surface area contributed by atoms with Crippen LogP contribution in [0.25, 0.3) is 11.0 Å². The molecular formula is C14H14N6O. The number of aryl methyl sites for hydroxylation is 1. The minimum Gasteiger partial charge on any atom is -0.321 e. The minimum absolute atomic E-state index is 0.183. The lowest BCUT2D eigenvalue weighted by Gasteiger charge is -2.11.